The molecule has 0 bridgehead atoms. The first-order valence-corrected chi connectivity index (χ1v) is 7.85. The van der Waals surface area contributed by atoms with Gasteiger partial charge in [-0.25, -0.2) is 0 Å². The van der Waals surface area contributed by atoms with Crippen molar-refractivity contribution in [2.24, 2.45) is 5.92 Å². The predicted octanol–water partition coefficient (Wildman–Crippen LogP) is 2.84. The molecule has 1 N–H and O–H groups in total. The second-order valence-electron chi connectivity index (χ2n) is 5.96. The summed E-state index contributed by atoms with van der Waals surface area (Å²) in [4.78, 5) is 15.1. The smallest absolute Gasteiger partial charge is 0.305 e. The summed E-state index contributed by atoms with van der Waals surface area (Å²) in [6, 6.07) is 8.28. The zero-order chi connectivity index (χ0) is 15.9. The van der Waals surface area contributed by atoms with Gasteiger partial charge in [-0.1, -0.05) is 12.8 Å². The number of carboxylic acids is 1. The molecule has 0 amide bonds. The summed E-state index contributed by atoms with van der Waals surface area (Å²) in [7, 11) is 0. The number of nitrogens with zero attached hydrogens (tertiary/aromatic N) is 2. The third-order valence-electron chi connectivity index (χ3n) is 4.24. The van der Waals surface area contributed by atoms with Crippen molar-refractivity contribution in [1.29, 1.82) is 0 Å². The lowest BCUT2D eigenvalue weighted by Gasteiger charge is -2.32. The van der Waals surface area contributed by atoms with Crippen LogP contribution in [0.25, 0.3) is 0 Å². The molecule has 1 aromatic rings. The molecule has 0 aromatic heterocycles. The van der Waals surface area contributed by atoms with Crippen LogP contribution >= 0.6 is 0 Å². The van der Waals surface area contributed by atoms with Crippen molar-refractivity contribution in [2.75, 3.05) is 36.0 Å². The number of carboxylic acid groups (broad SMARTS) is 1. The highest BCUT2D eigenvalue weighted by atomic mass is 16.4. The average Bonchev–Trinajstić information content (AvgIpc) is 2.52. The van der Waals surface area contributed by atoms with E-state index in [1.807, 2.05) is 17.0 Å². The Kier molecular flexibility index (Phi) is 5.71. The maximum Gasteiger partial charge on any atom is 0.305 e. The number of benzene rings is 1. The van der Waals surface area contributed by atoms with Gasteiger partial charge in [-0.15, -0.1) is 6.42 Å². The van der Waals surface area contributed by atoms with Crippen LogP contribution in [0.2, 0.25) is 0 Å². The van der Waals surface area contributed by atoms with Gasteiger partial charge in [-0.2, -0.15) is 0 Å². The molecule has 4 heteroatoms. The van der Waals surface area contributed by atoms with Crippen molar-refractivity contribution in [3.63, 3.8) is 0 Å². The van der Waals surface area contributed by atoms with E-state index in [2.05, 4.69) is 29.9 Å². The van der Waals surface area contributed by atoms with Crippen LogP contribution in [-0.2, 0) is 4.79 Å². The van der Waals surface area contributed by atoms with Crippen LogP contribution in [0.4, 0.5) is 11.4 Å². The first-order valence-electron chi connectivity index (χ1n) is 7.85. The fourth-order valence-electron chi connectivity index (χ4n) is 2.78. The van der Waals surface area contributed by atoms with E-state index < -0.39 is 5.97 Å². The largest absolute Gasteiger partial charge is 0.481 e. The number of hydrogen-bond acceptors (Lipinski definition) is 3. The second-order valence-corrected chi connectivity index (χ2v) is 5.96. The van der Waals surface area contributed by atoms with Gasteiger partial charge in [-0.3, -0.25) is 4.79 Å². The van der Waals surface area contributed by atoms with E-state index in [9.17, 15) is 4.79 Å². The van der Waals surface area contributed by atoms with E-state index in [0.29, 0.717) is 13.1 Å². The summed E-state index contributed by atoms with van der Waals surface area (Å²) in [5.74, 6) is 2.61. The Morgan fingerprint density at radius 1 is 1.36 bits per heavy atom. The Bertz CT molecular complexity index is 525. The zero-order valence-electron chi connectivity index (χ0n) is 13.2. The minimum Gasteiger partial charge on any atom is -0.481 e. The molecule has 0 aliphatic carbocycles. The zero-order valence-corrected chi connectivity index (χ0v) is 13.2. The normalized spacial score (nSPS) is 15.4. The number of aliphatic carboxylic acids is 1. The summed E-state index contributed by atoms with van der Waals surface area (Å²) in [6.45, 7) is 5.37. The summed E-state index contributed by atoms with van der Waals surface area (Å²) < 4.78 is 0. The van der Waals surface area contributed by atoms with Gasteiger partial charge < -0.3 is 14.9 Å². The maximum absolute atomic E-state index is 10.7. The third-order valence-corrected chi connectivity index (χ3v) is 4.24. The molecule has 0 saturated carbocycles. The molecule has 1 saturated heterocycles. The Morgan fingerprint density at radius 3 is 2.55 bits per heavy atom. The van der Waals surface area contributed by atoms with Crippen LogP contribution in [0, 0.1) is 18.3 Å². The summed E-state index contributed by atoms with van der Waals surface area (Å²) in [5.41, 5.74) is 2.21. The van der Waals surface area contributed by atoms with Crippen LogP contribution in [0.1, 0.15) is 26.2 Å². The molecule has 0 unspecified atom stereocenters. The molecule has 1 aliphatic rings. The van der Waals surface area contributed by atoms with Crippen molar-refractivity contribution in [2.45, 2.75) is 26.2 Å². The molecular formula is C18H24N2O2. The van der Waals surface area contributed by atoms with Gasteiger partial charge in [0.2, 0.25) is 0 Å². The maximum atomic E-state index is 10.7. The van der Waals surface area contributed by atoms with E-state index in [0.717, 1.165) is 24.7 Å². The van der Waals surface area contributed by atoms with Crippen LogP contribution < -0.4 is 9.80 Å². The first kappa shape index (κ1) is 16.2. The van der Waals surface area contributed by atoms with Gasteiger partial charge in [-0.05, 0) is 43.0 Å². The van der Waals surface area contributed by atoms with Gasteiger partial charge in [0.25, 0.3) is 0 Å². The molecule has 1 heterocycles. The highest BCUT2D eigenvalue weighted by Crippen LogP contribution is 2.25. The molecule has 22 heavy (non-hydrogen) atoms. The number of rotatable bonds is 6. The monoisotopic (exact) mass is 300 g/mol. The number of hydrogen-bond donors (Lipinski definition) is 1. The fraction of sp³-hybridized carbons (Fsp3) is 0.500. The molecule has 1 aromatic carbocycles. The highest BCUT2D eigenvalue weighted by Gasteiger charge is 2.16. The number of anilines is 2. The molecule has 2 rings (SSSR count). The van der Waals surface area contributed by atoms with Crippen LogP contribution in [0.5, 0.6) is 0 Å². The quantitative estimate of drug-likeness (QED) is 0.821. The Morgan fingerprint density at radius 2 is 2.00 bits per heavy atom. The van der Waals surface area contributed by atoms with Crippen molar-refractivity contribution >= 4 is 17.3 Å². The minimum absolute atomic E-state index is 0.0907. The first-order chi connectivity index (χ1) is 10.6. The van der Waals surface area contributed by atoms with Crippen molar-refractivity contribution in [1.82, 2.24) is 0 Å². The third kappa shape index (κ3) is 4.42. The van der Waals surface area contributed by atoms with Crippen molar-refractivity contribution in [3.8, 4) is 12.3 Å². The van der Waals surface area contributed by atoms with Crippen LogP contribution in [0.3, 0.4) is 0 Å². The topological polar surface area (TPSA) is 43.8 Å². The number of carbonyl (C=O) groups is 1. The van der Waals surface area contributed by atoms with Gasteiger partial charge in [0.15, 0.2) is 0 Å². The lowest BCUT2D eigenvalue weighted by molar-refractivity contribution is -0.136. The SMILES string of the molecule is C#CCN(CCC(=O)O)c1ccc(N2CCC(C)CC2)cc1. The molecule has 0 radical (unpaired) electrons. The summed E-state index contributed by atoms with van der Waals surface area (Å²) in [5, 5.41) is 8.83. The van der Waals surface area contributed by atoms with E-state index >= 15 is 0 Å². The lowest BCUT2D eigenvalue weighted by atomic mass is 9.99. The molecule has 1 fully saturated rings. The van der Waals surface area contributed by atoms with Crippen molar-refractivity contribution < 1.29 is 9.90 Å². The van der Waals surface area contributed by atoms with Crippen LogP contribution in [0.15, 0.2) is 24.3 Å². The number of piperidine rings is 1. The Hall–Kier alpha value is -2.15. The molecule has 0 atom stereocenters. The van der Waals surface area contributed by atoms with E-state index in [1.165, 1.54) is 18.5 Å². The predicted molar refractivity (Wildman–Crippen MR) is 90.4 cm³/mol. The summed E-state index contributed by atoms with van der Waals surface area (Å²) in [6.07, 6.45) is 7.96. The molecular weight excluding hydrogens is 276 g/mol. The van der Waals surface area contributed by atoms with Gasteiger partial charge in [0, 0.05) is 31.0 Å². The Labute approximate surface area is 132 Å². The molecule has 4 nitrogen and oxygen atoms in total. The minimum atomic E-state index is -0.805. The standard InChI is InChI=1S/C18H24N2O2/c1-3-11-19(14-10-18(21)22)16-4-6-17(7-5-16)20-12-8-15(2)9-13-20/h1,4-7,15H,8-14H2,2H3,(H,21,22). The van der Waals surface area contributed by atoms with Crippen molar-refractivity contribution in [3.05, 3.63) is 24.3 Å². The highest BCUT2D eigenvalue weighted by molar-refractivity contribution is 5.68. The van der Waals surface area contributed by atoms with Gasteiger partial charge >= 0.3 is 5.97 Å². The molecule has 118 valence electrons. The average molecular weight is 300 g/mol. The van der Waals surface area contributed by atoms with Gasteiger partial charge in [0.1, 0.15) is 0 Å². The summed E-state index contributed by atoms with van der Waals surface area (Å²) >= 11 is 0. The number of terminal acetylenes is 1. The van der Waals surface area contributed by atoms with E-state index in [-0.39, 0.29) is 6.42 Å². The van der Waals surface area contributed by atoms with Crippen LogP contribution in [-0.4, -0.2) is 37.3 Å². The van der Waals surface area contributed by atoms with E-state index in [4.69, 9.17) is 11.5 Å². The second kappa shape index (κ2) is 7.74. The Balaban J connectivity index is 2.02. The molecule has 1 aliphatic heterocycles. The molecule has 0 spiro atoms. The van der Waals surface area contributed by atoms with Gasteiger partial charge in [0.05, 0.1) is 13.0 Å². The fourth-order valence-corrected chi connectivity index (χ4v) is 2.78. The van der Waals surface area contributed by atoms with E-state index in [1.54, 1.807) is 0 Å². The lowest BCUT2D eigenvalue weighted by Crippen LogP contribution is -2.32.